The molecule has 1 aromatic rings. The highest BCUT2D eigenvalue weighted by atomic mass is 16.1. The number of hydrogen-bond acceptors (Lipinski definition) is 2. The summed E-state index contributed by atoms with van der Waals surface area (Å²) in [4.78, 5) is 11.9. The molecule has 0 aromatic heterocycles. The predicted octanol–water partition coefficient (Wildman–Crippen LogP) is 1.96. The standard InChI is InChI=1S/C16H24N2O/c1-12-5-6-14(8-13(12)2)9-16(19)18-11-15-4-3-7-17-10-15/h5-6,8,15,17H,3-4,7,9-11H2,1-2H3,(H,18,19). The summed E-state index contributed by atoms with van der Waals surface area (Å²) in [6, 6.07) is 6.24. The van der Waals surface area contributed by atoms with Gasteiger partial charge in [-0.3, -0.25) is 4.79 Å². The molecule has 1 aromatic carbocycles. The molecule has 0 spiro atoms. The molecule has 0 bridgehead atoms. The van der Waals surface area contributed by atoms with Crippen LogP contribution in [-0.2, 0) is 11.2 Å². The van der Waals surface area contributed by atoms with E-state index in [9.17, 15) is 4.79 Å². The fraction of sp³-hybridized carbons (Fsp3) is 0.562. The average Bonchev–Trinajstić information content (AvgIpc) is 2.42. The normalized spacial score (nSPS) is 19.2. The van der Waals surface area contributed by atoms with Crippen molar-refractivity contribution in [1.82, 2.24) is 10.6 Å². The molecule has 2 rings (SSSR count). The number of aryl methyl sites for hydroxylation is 2. The van der Waals surface area contributed by atoms with Gasteiger partial charge in [0, 0.05) is 6.54 Å². The Hall–Kier alpha value is -1.35. The van der Waals surface area contributed by atoms with Crippen LogP contribution in [0.3, 0.4) is 0 Å². The van der Waals surface area contributed by atoms with Crippen molar-refractivity contribution in [1.29, 1.82) is 0 Å². The minimum Gasteiger partial charge on any atom is -0.355 e. The molecule has 3 nitrogen and oxygen atoms in total. The first-order chi connectivity index (χ1) is 9.15. The number of rotatable bonds is 4. The van der Waals surface area contributed by atoms with Crippen molar-refractivity contribution in [3.63, 3.8) is 0 Å². The fourth-order valence-electron chi connectivity index (χ4n) is 2.52. The van der Waals surface area contributed by atoms with E-state index in [0.29, 0.717) is 12.3 Å². The number of hydrogen-bond donors (Lipinski definition) is 2. The van der Waals surface area contributed by atoms with Gasteiger partial charge in [-0.15, -0.1) is 0 Å². The average molecular weight is 260 g/mol. The molecular formula is C16H24N2O. The maximum atomic E-state index is 11.9. The molecule has 1 unspecified atom stereocenters. The van der Waals surface area contributed by atoms with E-state index in [4.69, 9.17) is 0 Å². The van der Waals surface area contributed by atoms with E-state index < -0.39 is 0 Å². The second kappa shape index (κ2) is 6.71. The van der Waals surface area contributed by atoms with Crippen molar-refractivity contribution in [3.05, 3.63) is 34.9 Å². The van der Waals surface area contributed by atoms with Crippen molar-refractivity contribution >= 4 is 5.91 Å². The first-order valence-corrected chi connectivity index (χ1v) is 7.18. The van der Waals surface area contributed by atoms with Crippen LogP contribution in [0.1, 0.15) is 29.5 Å². The zero-order valence-electron chi connectivity index (χ0n) is 12.0. The van der Waals surface area contributed by atoms with Crippen LogP contribution in [0.15, 0.2) is 18.2 Å². The number of benzene rings is 1. The Labute approximate surface area is 115 Å². The van der Waals surface area contributed by atoms with E-state index in [1.165, 1.54) is 24.0 Å². The molecule has 19 heavy (non-hydrogen) atoms. The lowest BCUT2D eigenvalue weighted by molar-refractivity contribution is -0.120. The summed E-state index contributed by atoms with van der Waals surface area (Å²) in [5, 5.41) is 6.43. The minimum absolute atomic E-state index is 0.133. The van der Waals surface area contributed by atoms with Gasteiger partial charge in [0.05, 0.1) is 6.42 Å². The summed E-state index contributed by atoms with van der Waals surface area (Å²) in [5.74, 6) is 0.728. The zero-order chi connectivity index (χ0) is 13.7. The molecule has 1 saturated heterocycles. The Morgan fingerprint density at radius 3 is 2.89 bits per heavy atom. The maximum Gasteiger partial charge on any atom is 0.224 e. The first kappa shape index (κ1) is 14.1. The molecular weight excluding hydrogens is 236 g/mol. The minimum atomic E-state index is 0.133. The Kier molecular flexibility index (Phi) is 4.97. The number of piperidine rings is 1. The molecule has 2 N–H and O–H groups in total. The van der Waals surface area contributed by atoms with Crippen molar-refractivity contribution in [2.75, 3.05) is 19.6 Å². The van der Waals surface area contributed by atoms with E-state index in [1.54, 1.807) is 0 Å². The Morgan fingerprint density at radius 1 is 1.37 bits per heavy atom. The zero-order valence-corrected chi connectivity index (χ0v) is 12.0. The van der Waals surface area contributed by atoms with Crippen LogP contribution < -0.4 is 10.6 Å². The van der Waals surface area contributed by atoms with Gasteiger partial charge in [0.15, 0.2) is 0 Å². The van der Waals surface area contributed by atoms with Crippen LogP contribution in [0.5, 0.6) is 0 Å². The van der Waals surface area contributed by atoms with E-state index in [0.717, 1.165) is 25.2 Å². The summed E-state index contributed by atoms with van der Waals surface area (Å²) in [6.45, 7) is 7.13. The highest BCUT2D eigenvalue weighted by Crippen LogP contribution is 2.11. The van der Waals surface area contributed by atoms with Crippen molar-refractivity contribution in [3.8, 4) is 0 Å². The summed E-state index contributed by atoms with van der Waals surface area (Å²) in [7, 11) is 0. The third-order valence-electron chi connectivity index (χ3n) is 3.92. The van der Waals surface area contributed by atoms with Gasteiger partial charge in [0.2, 0.25) is 5.91 Å². The molecule has 0 aliphatic carbocycles. The number of nitrogens with one attached hydrogen (secondary N) is 2. The van der Waals surface area contributed by atoms with Gasteiger partial charge in [0.1, 0.15) is 0 Å². The van der Waals surface area contributed by atoms with Crippen LogP contribution in [0, 0.1) is 19.8 Å². The highest BCUT2D eigenvalue weighted by molar-refractivity contribution is 5.78. The van der Waals surface area contributed by atoms with Gasteiger partial charge in [-0.2, -0.15) is 0 Å². The number of carbonyl (C=O) groups excluding carboxylic acids is 1. The lowest BCUT2D eigenvalue weighted by Gasteiger charge is -2.22. The third-order valence-corrected chi connectivity index (χ3v) is 3.92. The molecule has 0 saturated carbocycles. The number of carbonyl (C=O) groups is 1. The van der Waals surface area contributed by atoms with E-state index >= 15 is 0 Å². The summed E-state index contributed by atoms with van der Waals surface area (Å²) >= 11 is 0. The molecule has 3 heteroatoms. The maximum absolute atomic E-state index is 11.9. The van der Waals surface area contributed by atoms with Crippen LogP contribution in [-0.4, -0.2) is 25.5 Å². The quantitative estimate of drug-likeness (QED) is 0.869. The van der Waals surface area contributed by atoms with Gasteiger partial charge < -0.3 is 10.6 Å². The summed E-state index contributed by atoms with van der Waals surface area (Å²) in [6.07, 6.45) is 2.93. The van der Waals surface area contributed by atoms with Gasteiger partial charge in [-0.25, -0.2) is 0 Å². The van der Waals surface area contributed by atoms with Gasteiger partial charge in [-0.1, -0.05) is 18.2 Å². The third kappa shape index (κ3) is 4.35. The SMILES string of the molecule is Cc1ccc(CC(=O)NCC2CCCNC2)cc1C. The largest absolute Gasteiger partial charge is 0.355 e. The van der Waals surface area contributed by atoms with Crippen LogP contribution in [0.2, 0.25) is 0 Å². The smallest absolute Gasteiger partial charge is 0.224 e. The van der Waals surface area contributed by atoms with Gasteiger partial charge >= 0.3 is 0 Å². The van der Waals surface area contributed by atoms with Crippen LogP contribution >= 0.6 is 0 Å². The lowest BCUT2D eigenvalue weighted by atomic mass is 9.99. The molecule has 104 valence electrons. The van der Waals surface area contributed by atoms with Crippen LogP contribution in [0.25, 0.3) is 0 Å². The molecule has 1 aliphatic rings. The fourth-order valence-corrected chi connectivity index (χ4v) is 2.52. The monoisotopic (exact) mass is 260 g/mol. The second-order valence-corrected chi connectivity index (χ2v) is 5.61. The summed E-state index contributed by atoms with van der Waals surface area (Å²) in [5.41, 5.74) is 3.63. The summed E-state index contributed by atoms with van der Waals surface area (Å²) < 4.78 is 0. The molecule has 0 radical (unpaired) electrons. The molecule has 1 fully saturated rings. The molecule has 1 atom stereocenters. The van der Waals surface area contributed by atoms with Crippen LogP contribution in [0.4, 0.5) is 0 Å². The Balaban J connectivity index is 1.78. The van der Waals surface area contributed by atoms with Gasteiger partial charge in [0.25, 0.3) is 0 Å². The van der Waals surface area contributed by atoms with Crippen molar-refractivity contribution in [2.24, 2.45) is 5.92 Å². The van der Waals surface area contributed by atoms with Gasteiger partial charge in [-0.05, 0) is 62.4 Å². The van der Waals surface area contributed by atoms with E-state index in [2.05, 4.69) is 36.6 Å². The van der Waals surface area contributed by atoms with Crippen molar-refractivity contribution in [2.45, 2.75) is 33.1 Å². The second-order valence-electron chi connectivity index (χ2n) is 5.61. The molecule has 1 aliphatic heterocycles. The Morgan fingerprint density at radius 2 is 2.21 bits per heavy atom. The number of amides is 1. The lowest BCUT2D eigenvalue weighted by Crippen LogP contribution is -2.38. The Bertz CT molecular complexity index is 436. The molecule has 1 heterocycles. The topological polar surface area (TPSA) is 41.1 Å². The van der Waals surface area contributed by atoms with E-state index in [-0.39, 0.29) is 5.91 Å². The molecule has 1 amide bonds. The highest BCUT2D eigenvalue weighted by Gasteiger charge is 2.13. The first-order valence-electron chi connectivity index (χ1n) is 7.18. The van der Waals surface area contributed by atoms with Crippen molar-refractivity contribution < 1.29 is 4.79 Å². The predicted molar refractivity (Wildman–Crippen MR) is 78.2 cm³/mol. The van der Waals surface area contributed by atoms with E-state index in [1.807, 2.05) is 6.07 Å².